The number of hydrogen-bond acceptors (Lipinski definition) is 2. The molecule has 1 amide bonds. The van der Waals surface area contributed by atoms with Crippen molar-refractivity contribution in [3.05, 3.63) is 64.2 Å². The predicted molar refractivity (Wildman–Crippen MR) is 106 cm³/mol. The Morgan fingerprint density at radius 1 is 0.962 bits per heavy atom. The van der Waals surface area contributed by atoms with Crippen LogP contribution in [0.25, 0.3) is 0 Å². The maximum absolute atomic E-state index is 12.5. The Kier molecular flexibility index (Phi) is 5.65. The van der Waals surface area contributed by atoms with Gasteiger partial charge >= 0.3 is 0 Å². The fourth-order valence-corrected chi connectivity index (χ4v) is 3.48. The van der Waals surface area contributed by atoms with Gasteiger partial charge in [0.2, 0.25) is 0 Å². The Labute approximate surface area is 156 Å². The Morgan fingerprint density at radius 2 is 1.69 bits per heavy atom. The van der Waals surface area contributed by atoms with E-state index in [9.17, 15) is 4.79 Å². The third-order valence-electron chi connectivity index (χ3n) is 5.39. The molecule has 0 spiro atoms. The summed E-state index contributed by atoms with van der Waals surface area (Å²) in [5.41, 5.74) is 6.45. The van der Waals surface area contributed by atoms with E-state index in [4.69, 9.17) is 4.74 Å². The molecule has 0 saturated carbocycles. The summed E-state index contributed by atoms with van der Waals surface area (Å²) in [6.45, 7) is 7.94. The van der Waals surface area contributed by atoms with Gasteiger partial charge in [-0.2, -0.15) is 0 Å². The van der Waals surface area contributed by atoms with Crippen molar-refractivity contribution < 1.29 is 9.53 Å². The van der Waals surface area contributed by atoms with E-state index in [-0.39, 0.29) is 11.9 Å². The van der Waals surface area contributed by atoms with Gasteiger partial charge in [0.15, 0.2) is 6.10 Å². The maximum Gasteiger partial charge on any atom is 0.261 e. The summed E-state index contributed by atoms with van der Waals surface area (Å²) in [6.07, 6.45) is 4.34. The Bertz CT molecular complexity index is 797. The van der Waals surface area contributed by atoms with Crippen molar-refractivity contribution in [1.82, 2.24) is 5.32 Å². The minimum absolute atomic E-state index is 0.0273. The zero-order valence-corrected chi connectivity index (χ0v) is 16.3. The second kappa shape index (κ2) is 7.94. The highest BCUT2D eigenvalue weighted by molar-refractivity contribution is 5.81. The average molecular weight is 351 g/mol. The zero-order chi connectivity index (χ0) is 18.7. The fraction of sp³-hybridized carbons (Fsp3) is 0.435. The third kappa shape index (κ3) is 4.27. The van der Waals surface area contributed by atoms with Crippen molar-refractivity contribution in [2.75, 3.05) is 0 Å². The number of aryl methyl sites for hydroxylation is 4. The number of nitrogens with one attached hydrogen (secondary N) is 1. The van der Waals surface area contributed by atoms with E-state index in [1.165, 1.54) is 36.0 Å². The molecule has 0 aromatic heterocycles. The molecule has 0 fully saturated rings. The Hall–Kier alpha value is -2.29. The van der Waals surface area contributed by atoms with Crippen LogP contribution < -0.4 is 10.1 Å². The number of hydrogen-bond donors (Lipinski definition) is 1. The van der Waals surface area contributed by atoms with Crippen LogP contribution in [0.2, 0.25) is 0 Å². The van der Waals surface area contributed by atoms with E-state index in [0.29, 0.717) is 0 Å². The highest BCUT2D eigenvalue weighted by Crippen LogP contribution is 2.25. The first-order valence-electron chi connectivity index (χ1n) is 9.60. The standard InChI is InChI=1S/C23H29NO2/c1-15-9-12-22(13-16(15)2)26-18(4)23(25)24-17(3)20-11-10-19-7-5-6-8-21(19)14-20/h9-14,17-18H,5-8H2,1-4H3,(H,24,25)/t17-,18+/m0/s1. The van der Waals surface area contributed by atoms with Crippen LogP contribution >= 0.6 is 0 Å². The van der Waals surface area contributed by atoms with Gasteiger partial charge in [-0.25, -0.2) is 0 Å². The molecule has 0 aliphatic heterocycles. The predicted octanol–water partition coefficient (Wildman–Crippen LogP) is 4.83. The van der Waals surface area contributed by atoms with Gasteiger partial charge in [-0.3, -0.25) is 4.79 Å². The Morgan fingerprint density at radius 3 is 2.42 bits per heavy atom. The lowest BCUT2D eigenvalue weighted by Gasteiger charge is -2.22. The Balaban J connectivity index is 1.62. The molecule has 26 heavy (non-hydrogen) atoms. The number of rotatable bonds is 5. The molecule has 2 aromatic carbocycles. The van der Waals surface area contributed by atoms with Crippen molar-refractivity contribution in [2.45, 2.75) is 65.5 Å². The molecule has 138 valence electrons. The molecule has 0 saturated heterocycles. The number of carbonyl (C=O) groups is 1. The topological polar surface area (TPSA) is 38.3 Å². The molecule has 1 aliphatic carbocycles. The van der Waals surface area contributed by atoms with Crippen LogP contribution in [0.15, 0.2) is 36.4 Å². The van der Waals surface area contributed by atoms with Gasteiger partial charge in [-0.05, 0) is 93.3 Å². The highest BCUT2D eigenvalue weighted by Gasteiger charge is 2.19. The van der Waals surface area contributed by atoms with Crippen LogP contribution in [0.5, 0.6) is 5.75 Å². The van der Waals surface area contributed by atoms with Crippen LogP contribution in [-0.4, -0.2) is 12.0 Å². The SMILES string of the molecule is Cc1ccc(O[C@H](C)C(=O)N[C@@H](C)c2ccc3c(c2)CCCC3)cc1C. The zero-order valence-electron chi connectivity index (χ0n) is 16.3. The van der Waals surface area contributed by atoms with Crippen molar-refractivity contribution in [1.29, 1.82) is 0 Å². The molecule has 0 bridgehead atoms. The van der Waals surface area contributed by atoms with Crippen molar-refractivity contribution in [3.63, 3.8) is 0 Å². The molecule has 2 aromatic rings. The van der Waals surface area contributed by atoms with Crippen molar-refractivity contribution in [3.8, 4) is 5.75 Å². The normalized spacial score (nSPS) is 15.7. The second-order valence-electron chi connectivity index (χ2n) is 7.47. The quantitative estimate of drug-likeness (QED) is 0.838. The van der Waals surface area contributed by atoms with E-state index < -0.39 is 6.10 Å². The van der Waals surface area contributed by atoms with Gasteiger partial charge < -0.3 is 10.1 Å². The van der Waals surface area contributed by atoms with Crippen LogP contribution in [0.3, 0.4) is 0 Å². The summed E-state index contributed by atoms with van der Waals surface area (Å²) >= 11 is 0. The van der Waals surface area contributed by atoms with E-state index in [0.717, 1.165) is 23.3 Å². The molecule has 2 atom stereocenters. The summed E-state index contributed by atoms with van der Waals surface area (Å²) in [5, 5.41) is 3.09. The summed E-state index contributed by atoms with van der Waals surface area (Å²) in [5.74, 6) is 0.644. The van der Waals surface area contributed by atoms with Gasteiger partial charge in [0.25, 0.3) is 5.91 Å². The number of amides is 1. The molecule has 3 rings (SSSR count). The van der Waals surface area contributed by atoms with Crippen LogP contribution in [0.1, 0.15) is 60.5 Å². The van der Waals surface area contributed by atoms with E-state index in [2.05, 4.69) is 30.4 Å². The second-order valence-corrected chi connectivity index (χ2v) is 7.47. The molecule has 0 radical (unpaired) electrons. The van der Waals surface area contributed by atoms with Gasteiger partial charge in [0, 0.05) is 0 Å². The average Bonchev–Trinajstić information content (AvgIpc) is 2.64. The minimum atomic E-state index is -0.530. The van der Waals surface area contributed by atoms with Gasteiger partial charge in [0.1, 0.15) is 5.75 Å². The molecule has 3 heteroatoms. The number of carbonyl (C=O) groups excluding carboxylic acids is 1. The van der Waals surface area contributed by atoms with Crippen LogP contribution in [0.4, 0.5) is 0 Å². The van der Waals surface area contributed by atoms with Crippen LogP contribution in [0, 0.1) is 13.8 Å². The van der Waals surface area contributed by atoms with E-state index >= 15 is 0 Å². The van der Waals surface area contributed by atoms with E-state index in [1.807, 2.05) is 32.0 Å². The van der Waals surface area contributed by atoms with Crippen LogP contribution in [-0.2, 0) is 17.6 Å². The molecular formula is C23H29NO2. The van der Waals surface area contributed by atoms with Gasteiger partial charge in [-0.1, -0.05) is 24.3 Å². The lowest BCUT2D eigenvalue weighted by atomic mass is 9.89. The largest absolute Gasteiger partial charge is 0.481 e. The molecule has 3 nitrogen and oxygen atoms in total. The highest BCUT2D eigenvalue weighted by atomic mass is 16.5. The first-order chi connectivity index (χ1) is 12.4. The van der Waals surface area contributed by atoms with Gasteiger partial charge in [-0.15, -0.1) is 0 Å². The fourth-order valence-electron chi connectivity index (χ4n) is 3.48. The smallest absolute Gasteiger partial charge is 0.261 e. The number of benzene rings is 2. The summed E-state index contributed by atoms with van der Waals surface area (Å²) in [6, 6.07) is 12.5. The maximum atomic E-state index is 12.5. The molecular weight excluding hydrogens is 322 g/mol. The number of ether oxygens (including phenoxy) is 1. The molecule has 1 N–H and O–H groups in total. The molecule has 0 heterocycles. The summed E-state index contributed by atoms with van der Waals surface area (Å²) in [7, 11) is 0. The number of fused-ring (bicyclic) bond motifs is 1. The third-order valence-corrected chi connectivity index (χ3v) is 5.39. The van der Waals surface area contributed by atoms with Gasteiger partial charge in [0.05, 0.1) is 6.04 Å². The summed E-state index contributed by atoms with van der Waals surface area (Å²) < 4.78 is 5.83. The van der Waals surface area contributed by atoms with E-state index in [1.54, 1.807) is 6.92 Å². The van der Waals surface area contributed by atoms with Crippen molar-refractivity contribution in [2.24, 2.45) is 0 Å². The first-order valence-corrected chi connectivity index (χ1v) is 9.60. The monoisotopic (exact) mass is 351 g/mol. The lowest BCUT2D eigenvalue weighted by molar-refractivity contribution is -0.127. The molecule has 0 unspecified atom stereocenters. The minimum Gasteiger partial charge on any atom is -0.481 e. The van der Waals surface area contributed by atoms with Crippen molar-refractivity contribution >= 4 is 5.91 Å². The first kappa shape index (κ1) is 18.5. The lowest BCUT2D eigenvalue weighted by Crippen LogP contribution is -2.37. The molecule has 1 aliphatic rings. The summed E-state index contributed by atoms with van der Waals surface area (Å²) in [4.78, 5) is 12.5.